The zero-order valence-corrected chi connectivity index (χ0v) is 17.0. The van der Waals surface area contributed by atoms with Crippen molar-refractivity contribution in [3.05, 3.63) is 58.1 Å². The van der Waals surface area contributed by atoms with E-state index in [-0.39, 0.29) is 25.2 Å². The van der Waals surface area contributed by atoms with E-state index in [2.05, 4.69) is 26.0 Å². The second-order valence-corrected chi connectivity index (χ2v) is 6.92. The second-order valence-electron chi connectivity index (χ2n) is 6.01. The number of esters is 1. The first-order valence-electron chi connectivity index (χ1n) is 8.56. The summed E-state index contributed by atoms with van der Waals surface area (Å²) in [5.74, 6) is -0.259. The highest BCUT2D eigenvalue weighted by molar-refractivity contribution is 9.10. The monoisotopic (exact) mass is 434 g/mol. The van der Waals surface area contributed by atoms with Gasteiger partial charge in [-0.05, 0) is 54.8 Å². The van der Waals surface area contributed by atoms with Crippen LogP contribution >= 0.6 is 15.9 Å². The van der Waals surface area contributed by atoms with E-state index in [9.17, 15) is 14.7 Å². The topological polar surface area (TPSA) is 78.9 Å². The number of benzene rings is 2. The molecule has 0 aliphatic rings. The Morgan fingerprint density at radius 1 is 1.19 bits per heavy atom. The van der Waals surface area contributed by atoms with E-state index in [1.165, 1.54) is 12.0 Å². The van der Waals surface area contributed by atoms with Gasteiger partial charge in [-0.3, -0.25) is 9.69 Å². The predicted octanol–water partition coefficient (Wildman–Crippen LogP) is 3.89. The van der Waals surface area contributed by atoms with E-state index < -0.39 is 0 Å². The molecule has 2 aromatic rings. The van der Waals surface area contributed by atoms with E-state index in [0.717, 1.165) is 15.6 Å². The quantitative estimate of drug-likeness (QED) is 0.647. The minimum Gasteiger partial charge on any atom is -0.469 e. The molecule has 0 fully saturated rings. The third-order valence-electron chi connectivity index (χ3n) is 4.09. The van der Waals surface area contributed by atoms with E-state index in [1.807, 2.05) is 37.3 Å². The van der Waals surface area contributed by atoms with Crippen LogP contribution in [0.3, 0.4) is 0 Å². The lowest BCUT2D eigenvalue weighted by Gasteiger charge is -2.23. The van der Waals surface area contributed by atoms with Crippen molar-refractivity contribution in [2.75, 3.05) is 30.5 Å². The molecule has 0 atom stereocenters. The van der Waals surface area contributed by atoms with Gasteiger partial charge in [0.1, 0.15) is 0 Å². The van der Waals surface area contributed by atoms with Gasteiger partial charge in [-0.25, -0.2) is 4.79 Å². The number of aliphatic hydroxyl groups excluding tert-OH is 1. The van der Waals surface area contributed by atoms with Gasteiger partial charge in [0.05, 0.1) is 20.3 Å². The first kappa shape index (κ1) is 20.9. The van der Waals surface area contributed by atoms with Crippen LogP contribution in [0.25, 0.3) is 0 Å². The van der Waals surface area contributed by atoms with Gasteiger partial charge in [-0.2, -0.15) is 0 Å². The van der Waals surface area contributed by atoms with Crippen LogP contribution in [0.2, 0.25) is 0 Å². The molecule has 0 bridgehead atoms. The number of nitrogens with zero attached hydrogens (tertiary/aromatic N) is 1. The number of nitrogens with one attached hydrogen (secondary N) is 1. The number of halogens is 1. The zero-order valence-electron chi connectivity index (χ0n) is 15.4. The van der Waals surface area contributed by atoms with Gasteiger partial charge in [0.25, 0.3) is 0 Å². The molecular weight excluding hydrogens is 412 g/mol. The maximum atomic E-state index is 12.7. The van der Waals surface area contributed by atoms with Crippen LogP contribution < -0.4 is 10.2 Å². The Hall–Kier alpha value is -2.38. The lowest BCUT2D eigenvalue weighted by molar-refractivity contribution is -0.140. The summed E-state index contributed by atoms with van der Waals surface area (Å²) in [7, 11) is 1.37. The fraction of sp³-hybridized carbons (Fsp3) is 0.300. The summed E-state index contributed by atoms with van der Waals surface area (Å²) in [6, 6.07) is 12.6. The number of rotatable bonds is 7. The standard InChI is InChI=1S/C20H23BrN2O4/c1-14-13-16(21)6-9-18(14)22-20(26)23(11-12-24)17-7-3-15(4-8-17)5-10-19(25)27-2/h3-4,6-9,13,24H,5,10-12H2,1-2H3,(H,22,26). The molecule has 2 aromatic carbocycles. The molecule has 0 aliphatic heterocycles. The highest BCUT2D eigenvalue weighted by Crippen LogP contribution is 2.22. The molecular formula is C20H23BrN2O4. The third-order valence-corrected chi connectivity index (χ3v) is 4.59. The van der Waals surface area contributed by atoms with Crippen molar-refractivity contribution in [3.63, 3.8) is 0 Å². The van der Waals surface area contributed by atoms with Gasteiger partial charge in [0.2, 0.25) is 0 Å². The number of aliphatic hydroxyl groups is 1. The number of amides is 2. The van der Waals surface area contributed by atoms with Crippen LogP contribution in [-0.4, -0.2) is 37.4 Å². The van der Waals surface area contributed by atoms with Crippen LogP contribution in [0.15, 0.2) is 46.9 Å². The number of anilines is 2. The van der Waals surface area contributed by atoms with Crippen LogP contribution in [0.1, 0.15) is 17.5 Å². The Morgan fingerprint density at radius 2 is 1.89 bits per heavy atom. The highest BCUT2D eigenvalue weighted by atomic mass is 79.9. The Labute approximate surface area is 167 Å². The van der Waals surface area contributed by atoms with E-state index in [4.69, 9.17) is 0 Å². The molecule has 144 valence electrons. The largest absolute Gasteiger partial charge is 0.469 e. The maximum Gasteiger partial charge on any atom is 0.326 e. The van der Waals surface area contributed by atoms with Crippen molar-refractivity contribution >= 4 is 39.3 Å². The zero-order chi connectivity index (χ0) is 19.8. The average molecular weight is 435 g/mol. The molecule has 0 saturated carbocycles. The molecule has 7 heteroatoms. The molecule has 0 unspecified atom stereocenters. The summed E-state index contributed by atoms with van der Waals surface area (Å²) in [4.78, 5) is 25.4. The number of carbonyl (C=O) groups is 2. The molecule has 0 aromatic heterocycles. The number of methoxy groups -OCH3 is 1. The lowest BCUT2D eigenvalue weighted by atomic mass is 10.1. The Balaban J connectivity index is 2.11. The molecule has 2 N–H and O–H groups in total. The first-order valence-corrected chi connectivity index (χ1v) is 9.35. The SMILES string of the molecule is COC(=O)CCc1ccc(N(CCO)C(=O)Nc2ccc(Br)cc2C)cc1. The number of ether oxygens (including phenoxy) is 1. The lowest BCUT2D eigenvalue weighted by Crippen LogP contribution is -2.37. The fourth-order valence-corrected chi connectivity index (χ4v) is 3.06. The fourth-order valence-electron chi connectivity index (χ4n) is 2.59. The van der Waals surface area contributed by atoms with Crippen molar-refractivity contribution in [3.8, 4) is 0 Å². The van der Waals surface area contributed by atoms with E-state index >= 15 is 0 Å². The van der Waals surface area contributed by atoms with Crippen LogP contribution in [0, 0.1) is 6.92 Å². The van der Waals surface area contributed by atoms with Gasteiger partial charge in [-0.15, -0.1) is 0 Å². The van der Waals surface area contributed by atoms with Crippen LogP contribution in [0.4, 0.5) is 16.2 Å². The number of aryl methyl sites for hydroxylation is 2. The molecule has 2 rings (SSSR count). The summed E-state index contributed by atoms with van der Waals surface area (Å²) in [6.45, 7) is 1.92. The third kappa shape index (κ3) is 6.08. The second kappa shape index (κ2) is 10.1. The average Bonchev–Trinajstić information content (AvgIpc) is 2.66. The van der Waals surface area contributed by atoms with Crippen molar-refractivity contribution < 1.29 is 19.4 Å². The Bertz CT molecular complexity index is 793. The molecule has 0 radical (unpaired) electrons. The maximum absolute atomic E-state index is 12.7. The minimum atomic E-state index is -0.322. The molecule has 0 aliphatic carbocycles. The molecule has 27 heavy (non-hydrogen) atoms. The predicted molar refractivity (Wildman–Crippen MR) is 109 cm³/mol. The first-order chi connectivity index (χ1) is 12.9. The Kier molecular flexibility index (Phi) is 7.82. The van der Waals surface area contributed by atoms with E-state index in [0.29, 0.717) is 24.2 Å². The molecule has 0 heterocycles. The van der Waals surface area contributed by atoms with Gasteiger partial charge >= 0.3 is 12.0 Å². The van der Waals surface area contributed by atoms with Crippen molar-refractivity contribution in [1.82, 2.24) is 0 Å². The summed E-state index contributed by atoms with van der Waals surface area (Å²) < 4.78 is 5.58. The summed E-state index contributed by atoms with van der Waals surface area (Å²) in [5, 5.41) is 12.2. The van der Waals surface area contributed by atoms with Crippen molar-refractivity contribution in [2.24, 2.45) is 0 Å². The molecule has 6 nitrogen and oxygen atoms in total. The number of urea groups is 1. The van der Waals surface area contributed by atoms with Crippen LogP contribution in [-0.2, 0) is 16.0 Å². The number of hydrogen-bond donors (Lipinski definition) is 2. The van der Waals surface area contributed by atoms with Gasteiger partial charge < -0.3 is 15.2 Å². The van der Waals surface area contributed by atoms with Crippen molar-refractivity contribution in [2.45, 2.75) is 19.8 Å². The molecule has 0 saturated heterocycles. The van der Waals surface area contributed by atoms with E-state index in [1.54, 1.807) is 12.1 Å². The van der Waals surface area contributed by atoms with Crippen molar-refractivity contribution in [1.29, 1.82) is 0 Å². The number of carbonyl (C=O) groups excluding carboxylic acids is 2. The number of hydrogen-bond acceptors (Lipinski definition) is 4. The summed E-state index contributed by atoms with van der Waals surface area (Å²) >= 11 is 3.40. The summed E-state index contributed by atoms with van der Waals surface area (Å²) in [6.07, 6.45) is 0.872. The van der Waals surface area contributed by atoms with Gasteiger partial charge in [-0.1, -0.05) is 28.1 Å². The molecule has 2 amide bonds. The Morgan fingerprint density at radius 3 is 2.48 bits per heavy atom. The van der Waals surface area contributed by atoms with Crippen LogP contribution in [0.5, 0.6) is 0 Å². The smallest absolute Gasteiger partial charge is 0.326 e. The summed E-state index contributed by atoms with van der Waals surface area (Å²) in [5.41, 5.74) is 3.27. The minimum absolute atomic E-state index is 0.156. The van der Waals surface area contributed by atoms with Gasteiger partial charge in [0.15, 0.2) is 0 Å². The van der Waals surface area contributed by atoms with Gasteiger partial charge in [0, 0.05) is 22.3 Å². The molecule has 0 spiro atoms. The normalized spacial score (nSPS) is 10.4. The highest BCUT2D eigenvalue weighted by Gasteiger charge is 2.16.